The van der Waals surface area contributed by atoms with Crippen LogP contribution in [0.2, 0.25) is 0 Å². The molecule has 0 saturated carbocycles. The van der Waals surface area contributed by atoms with Gasteiger partial charge in [0.2, 0.25) is 11.7 Å². The van der Waals surface area contributed by atoms with Crippen molar-refractivity contribution in [2.75, 3.05) is 19.6 Å². The molecule has 1 atom stereocenters. The maximum Gasteiger partial charge on any atom is 0.231 e. The van der Waals surface area contributed by atoms with Gasteiger partial charge in [-0.2, -0.15) is 4.98 Å². The Morgan fingerprint density at radius 1 is 1.33 bits per heavy atom. The standard InChI is InChI=1S/C16H20FN3O/c1-2-9-20-10-3-4-13(11-20)16-18-15(19-21-16)12-5-7-14(17)8-6-12/h5-8,13H,2-4,9-11H2,1H3/t13-/m1/s1. The Hall–Kier alpha value is -1.75. The molecule has 0 amide bonds. The summed E-state index contributed by atoms with van der Waals surface area (Å²) in [6.07, 6.45) is 3.42. The van der Waals surface area contributed by atoms with Gasteiger partial charge in [0.1, 0.15) is 5.82 Å². The van der Waals surface area contributed by atoms with Crippen molar-refractivity contribution in [2.24, 2.45) is 0 Å². The molecule has 21 heavy (non-hydrogen) atoms. The summed E-state index contributed by atoms with van der Waals surface area (Å²) in [5, 5.41) is 4.04. The number of aromatic nitrogens is 2. The summed E-state index contributed by atoms with van der Waals surface area (Å²) in [6.45, 7) is 5.46. The Morgan fingerprint density at radius 3 is 2.90 bits per heavy atom. The fraction of sp³-hybridized carbons (Fsp3) is 0.500. The lowest BCUT2D eigenvalue weighted by molar-refractivity contribution is 0.187. The third kappa shape index (κ3) is 3.29. The van der Waals surface area contributed by atoms with Crippen molar-refractivity contribution < 1.29 is 8.91 Å². The molecule has 0 unspecified atom stereocenters. The largest absolute Gasteiger partial charge is 0.339 e. The molecule has 3 rings (SSSR count). The number of hydrogen-bond acceptors (Lipinski definition) is 4. The third-order valence-electron chi connectivity index (χ3n) is 3.94. The number of likely N-dealkylation sites (tertiary alicyclic amines) is 1. The summed E-state index contributed by atoms with van der Waals surface area (Å²) >= 11 is 0. The van der Waals surface area contributed by atoms with Gasteiger partial charge in [0.05, 0.1) is 5.92 Å². The lowest BCUT2D eigenvalue weighted by atomic mass is 9.98. The number of rotatable bonds is 4. The normalized spacial score (nSPS) is 19.8. The summed E-state index contributed by atoms with van der Waals surface area (Å²) in [7, 11) is 0. The van der Waals surface area contributed by atoms with Crippen molar-refractivity contribution in [2.45, 2.75) is 32.1 Å². The second-order valence-electron chi connectivity index (χ2n) is 5.60. The van der Waals surface area contributed by atoms with E-state index in [0.29, 0.717) is 17.6 Å². The van der Waals surface area contributed by atoms with Crippen LogP contribution in [0.4, 0.5) is 4.39 Å². The number of benzene rings is 1. The molecule has 1 aromatic heterocycles. The molecule has 1 aromatic carbocycles. The minimum absolute atomic E-state index is 0.259. The molecule has 0 N–H and O–H groups in total. The predicted molar refractivity (Wildman–Crippen MR) is 78.4 cm³/mol. The third-order valence-corrected chi connectivity index (χ3v) is 3.94. The van der Waals surface area contributed by atoms with Gasteiger partial charge in [-0.15, -0.1) is 0 Å². The molecule has 1 aliphatic heterocycles. The molecule has 0 aliphatic carbocycles. The van der Waals surface area contributed by atoms with E-state index in [2.05, 4.69) is 22.0 Å². The Labute approximate surface area is 124 Å². The van der Waals surface area contributed by atoms with E-state index >= 15 is 0 Å². The van der Waals surface area contributed by atoms with Crippen LogP contribution in [0.1, 0.15) is 38.0 Å². The predicted octanol–water partition coefficient (Wildman–Crippen LogP) is 3.47. The lowest BCUT2D eigenvalue weighted by Crippen LogP contribution is -2.34. The van der Waals surface area contributed by atoms with Crippen molar-refractivity contribution >= 4 is 0 Å². The van der Waals surface area contributed by atoms with Crippen molar-refractivity contribution in [1.29, 1.82) is 0 Å². The molecular weight excluding hydrogens is 269 g/mol. The maximum absolute atomic E-state index is 12.9. The highest BCUT2D eigenvalue weighted by molar-refractivity contribution is 5.53. The van der Waals surface area contributed by atoms with Gasteiger partial charge < -0.3 is 9.42 Å². The first-order chi connectivity index (χ1) is 10.3. The molecule has 1 fully saturated rings. The van der Waals surface area contributed by atoms with Crippen molar-refractivity contribution in [3.63, 3.8) is 0 Å². The maximum atomic E-state index is 12.9. The number of nitrogens with zero attached hydrogens (tertiary/aromatic N) is 3. The number of hydrogen-bond donors (Lipinski definition) is 0. The van der Waals surface area contributed by atoms with Crippen LogP contribution in [-0.2, 0) is 0 Å². The van der Waals surface area contributed by atoms with Crippen LogP contribution in [0.25, 0.3) is 11.4 Å². The summed E-state index contributed by atoms with van der Waals surface area (Å²) in [5.74, 6) is 1.30. The highest BCUT2D eigenvalue weighted by atomic mass is 19.1. The van der Waals surface area contributed by atoms with E-state index in [0.717, 1.165) is 38.0 Å². The average molecular weight is 289 g/mol. The van der Waals surface area contributed by atoms with E-state index < -0.39 is 0 Å². The second-order valence-corrected chi connectivity index (χ2v) is 5.60. The Bertz CT molecular complexity index is 579. The smallest absolute Gasteiger partial charge is 0.231 e. The van der Waals surface area contributed by atoms with Gasteiger partial charge in [-0.1, -0.05) is 12.1 Å². The molecule has 2 aromatic rings. The van der Waals surface area contributed by atoms with Gasteiger partial charge in [-0.25, -0.2) is 4.39 Å². The first-order valence-corrected chi connectivity index (χ1v) is 7.58. The Balaban J connectivity index is 1.73. The van der Waals surface area contributed by atoms with Gasteiger partial charge in [-0.3, -0.25) is 0 Å². The van der Waals surface area contributed by atoms with Gasteiger partial charge in [-0.05, 0) is 56.6 Å². The molecule has 0 spiro atoms. The fourth-order valence-corrected chi connectivity index (χ4v) is 2.89. The molecule has 1 saturated heterocycles. The van der Waals surface area contributed by atoms with E-state index in [1.165, 1.54) is 18.6 Å². The van der Waals surface area contributed by atoms with E-state index in [-0.39, 0.29) is 5.82 Å². The van der Waals surface area contributed by atoms with Crippen LogP contribution >= 0.6 is 0 Å². The van der Waals surface area contributed by atoms with E-state index in [4.69, 9.17) is 4.52 Å². The van der Waals surface area contributed by atoms with Gasteiger partial charge in [0.15, 0.2) is 0 Å². The molecule has 0 radical (unpaired) electrons. The quantitative estimate of drug-likeness (QED) is 0.864. The topological polar surface area (TPSA) is 42.2 Å². The van der Waals surface area contributed by atoms with Crippen molar-refractivity contribution in [1.82, 2.24) is 15.0 Å². The van der Waals surface area contributed by atoms with Crippen LogP contribution in [0.5, 0.6) is 0 Å². The second kappa shape index (κ2) is 6.35. The minimum atomic E-state index is -0.259. The first kappa shape index (κ1) is 14.2. The molecule has 1 aliphatic rings. The SMILES string of the molecule is CCCN1CCC[C@@H](c2nc(-c3ccc(F)cc3)no2)C1. The molecule has 2 heterocycles. The lowest BCUT2D eigenvalue weighted by Gasteiger charge is -2.30. The zero-order valence-corrected chi connectivity index (χ0v) is 12.3. The van der Waals surface area contributed by atoms with Crippen molar-refractivity contribution in [3.8, 4) is 11.4 Å². The Morgan fingerprint density at radius 2 is 2.14 bits per heavy atom. The number of piperidine rings is 1. The molecular formula is C16H20FN3O. The Kier molecular flexibility index (Phi) is 4.29. The highest BCUT2D eigenvalue weighted by Gasteiger charge is 2.25. The van der Waals surface area contributed by atoms with Gasteiger partial charge in [0, 0.05) is 12.1 Å². The van der Waals surface area contributed by atoms with Crippen LogP contribution < -0.4 is 0 Å². The van der Waals surface area contributed by atoms with Crippen LogP contribution in [-0.4, -0.2) is 34.7 Å². The van der Waals surface area contributed by atoms with E-state index in [9.17, 15) is 4.39 Å². The summed E-state index contributed by atoms with van der Waals surface area (Å²) in [5.41, 5.74) is 0.785. The number of halogens is 1. The highest BCUT2D eigenvalue weighted by Crippen LogP contribution is 2.27. The van der Waals surface area contributed by atoms with Crippen LogP contribution in [0.3, 0.4) is 0 Å². The molecule has 4 nitrogen and oxygen atoms in total. The zero-order chi connectivity index (χ0) is 14.7. The monoisotopic (exact) mass is 289 g/mol. The van der Waals surface area contributed by atoms with Crippen LogP contribution in [0.15, 0.2) is 28.8 Å². The van der Waals surface area contributed by atoms with E-state index in [1.54, 1.807) is 12.1 Å². The molecule has 5 heteroatoms. The summed E-state index contributed by atoms with van der Waals surface area (Å²) in [4.78, 5) is 6.96. The zero-order valence-electron chi connectivity index (χ0n) is 12.3. The summed E-state index contributed by atoms with van der Waals surface area (Å²) in [6, 6.07) is 6.17. The van der Waals surface area contributed by atoms with Crippen LogP contribution in [0, 0.1) is 5.82 Å². The van der Waals surface area contributed by atoms with E-state index in [1.807, 2.05) is 0 Å². The van der Waals surface area contributed by atoms with Gasteiger partial charge >= 0.3 is 0 Å². The van der Waals surface area contributed by atoms with Crippen molar-refractivity contribution in [3.05, 3.63) is 36.0 Å². The summed E-state index contributed by atoms with van der Waals surface area (Å²) < 4.78 is 18.4. The van der Waals surface area contributed by atoms with Gasteiger partial charge in [0.25, 0.3) is 0 Å². The first-order valence-electron chi connectivity index (χ1n) is 7.58. The minimum Gasteiger partial charge on any atom is -0.339 e. The average Bonchev–Trinajstić information content (AvgIpc) is 2.98. The molecule has 112 valence electrons. The molecule has 0 bridgehead atoms. The fourth-order valence-electron chi connectivity index (χ4n) is 2.89.